The van der Waals surface area contributed by atoms with Crippen molar-refractivity contribution in [3.8, 4) is 0 Å². The summed E-state index contributed by atoms with van der Waals surface area (Å²) >= 11 is 3.11. The number of nitrogens with one attached hydrogen (secondary N) is 1. The summed E-state index contributed by atoms with van der Waals surface area (Å²) in [7, 11) is 0. The molecule has 0 unspecified atom stereocenters. The molecule has 0 aliphatic carbocycles. The van der Waals surface area contributed by atoms with Gasteiger partial charge in [0, 0.05) is 29.5 Å². The second kappa shape index (κ2) is 5.27. The monoisotopic (exact) mass is 301 g/mol. The van der Waals surface area contributed by atoms with Crippen LogP contribution < -0.4 is 5.32 Å². The van der Waals surface area contributed by atoms with Gasteiger partial charge < -0.3 is 5.32 Å². The molecule has 0 spiro atoms. The van der Waals surface area contributed by atoms with Crippen LogP contribution in [0, 0.1) is 11.6 Å². The second-order valence-corrected chi connectivity index (χ2v) is 4.29. The first-order valence-electron chi connectivity index (χ1n) is 5.02. The number of benzene rings is 1. The molecule has 0 aliphatic rings. The number of anilines is 1. The van der Waals surface area contributed by atoms with E-state index in [1.165, 1.54) is 6.07 Å². The Morgan fingerprint density at radius 3 is 2.82 bits per heavy atom. The normalized spacial score (nSPS) is 10.5. The standard InChI is InChI=1S/C11H10BrF2N3/c12-9-6-8(13)7-10(14)11(9)15-3-5-17-4-1-2-16-17/h1-2,4,6-7,15H,3,5H2. The number of halogens is 3. The fourth-order valence-corrected chi connectivity index (χ4v) is 1.99. The highest BCUT2D eigenvalue weighted by molar-refractivity contribution is 9.10. The van der Waals surface area contributed by atoms with Crippen molar-refractivity contribution in [1.29, 1.82) is 0 Å². The van der Waals surface area contributed by atoms with Gasteiger partial charge in [0.05, 0.1) is 12.2 Å². The Kier molecular flexibility index (Phi) is 3.73. The smallest absolute Gasteiger partial charge is 0.150 e. The third kappa shape index (κ3) is 3.03. The van der Waals surface area contributed by atoms with Gasteiger partial charge >= 0.3 is 0 Å². The maximum absolute atomic E-state index is 13.4. The molecule has 2 aromatic rings. The molecule has 1 aromatic carbocycles. The zero-order valence-electron chi connectivity index (χ0n) is 8.83. The highest BCUT2D eigenvalue weighted by Crippen LogP contribution is 2.26. The van der Waals surface area contributed by atoms with Gasteiger partial charge in [-0.3, -0.25) is 4.68 Å². The average molecular weight is 302 g/mol. The largest absolute Gasteiger partial charge is 0.380 e. The molecular weight excluding hydrogens is 292 g/mol. The topological polar surface area (TPSA) is 29.9 Å². The molecular formula is C11H10BrF2N3. The Labute approximate surface area is 106 Å². The predicted molar refractivity (Wildman–Crippen MR) is 64.8 cm³/mol. The molecule has 17 heavy (non-hydrogen) atoms. The first-order chi connectivity index (χ1) is 8.16. The van der Waals surface area contributed by atoms with Gasteiger partial charge in [0.1, 0.15) is 11.6 Å². The van der Waals surface area contributed by atoms with E-state index < -0.39 is 11.6 Å². The lowest BCUT2D eigenvalue weighted by atomic mass is 10.3. The molecule has 0 saturated heterocycles. The van der Waals surface area contributed by atoms with Crippen LogP contribution in [0.15, 0.2) is 35.1 Å². The SMILES string of the molecule is Fc1cc(F)c(NCCn2cccn2)c(Br)c1. The van der Waals surface area contributed by atoms with Gasteiger partial charge in [-0.25, -0.2) is 8.78 Å². The van der Waals surface area contributed by atoms with Crippen molar-refractivity contribution in [2.45, 2.75) is 6.54 Å². The molecule has 0 bridgehead atoms. The van der Waals surface area contributed by atoms with Crippen LogP contribution in [-0.4, -0.2) is 16.3 Å². The number of rotatable bonds is 4. The van der Waals surface area contributed by atoms with Crippen molar-refractivity contribution >= 4 is 21.6 Å². The fourth-order valence-electron chi connectivity index (χ4n) is 1.44. The van der Waals surface area contributed by atoms with Crippen molar-refractivity contribution in [3.05, 3.63) is 46.7 Å². The van der Waals surface area contributed by atoms with Gasteiger partial charge in [-0.15, -0.1) is 0 Å². The van der Waals surface area contributed by atoms with Gasteiger partial charge in [-0.05, 0) is 28.1 Å². The number of nitrogens with zero attached hydrogens (tertiary/aromatic N) is 2. The van der Waals surface area contributed by atoms with Crippen molar-refractivity contribution in [3.63, 3.8) is 0 Å². The minimum Gasteiger partial charge on any atom is -0.380 e. The first-order valence-corrected chi connectivity index (χ1v) is 5.82. The highest BCUT2D eigenvalue weighted by Gasteiger charge is 2.08. The quantitative estimate of drug-likeness (QED) is 0.941. The Hall–Kier alpha value is -1.43. The van der Waals surface area contributed by atoms with Crippen molar-refractivity contribution in [2.24, 2.45) is 0 Å². The third-order valence-electron chi connectivity index (χ3n) is 2.21. The molecule has 90 valence electrons. The van der Waals surface area contributed by atoms with E-state index in [1.54, 1.807) is 10.9 Å². The highest BCUT2D eigenvalue weighted by atomic mass is 79.9. The van der Waals surface area contributed by atoms with Gasteiger partial charge in [0.25, 0.3) is 0 Å². The van der Waals surface area contributed by atoms with E-state index in [2.05, 4.69) is 26.3 Å². The van der Waals surface area contributed by atoms with Crippen LogP contribution in [0.1, 0.15) is 0 Å². The van der Waals surface area contributed by atoms with Crippen molar-refractivity contribution < 1.29 is 8.78 Å². The molecule has 1 heterocycles. The van der Waals surface area contributed by atoms with Crippen molar-refractivity contribution in [1.82, 2.24) is 9.78 Å². The number of aromatic nitrogens is 2. The Bertz CT molecular complexity index is 476. The zero-order valence-corrected chi connectivity index (χ0v) is 10.4. The second-order valence-electron chi connectivity index (χ2n) is 3.44. The fraction of sp³-hybridized carbons (Fsp3) is 0.182. The molecule has 1 N–H and O–H groups in total. The van der Waals surface area contributed by atoms with Crippen LogP contribution >= 0.6 is 15.9 Å². The van der Waals surface area contributed by atoms with Crippen LogP contribution in [0.3, 0.4) is 0 Å². The predicted octanol–water partition coefficient (Wildman–Crippen LogP) is 3.04. The van der Waals surface area contributed by atoms with Crippen LogP contribution in [-0.2, 0) is 6.54 Å². The molecule has 0 atom stereocenters. The maximum Gasteiger partial charge on any atom is 0.150 e. The number of hydrogen-bond acceptors (Lipinski definition) is 2. The van der Waals surface area contributed by atoms with E-state index in [4.69, 9.17) is 0 Å². The molecule has 3 nitrogen and oxygen atoms in total. The summed E-state index contributed by atoms with van der Waals surface area (Å²) in [5.41, 5.74) is 0.263. The molecule has 1 aromatic heterocycles. The maximum atomic E-state index is 13.4. The summed E-state index contributed by atoms with van der Waals surface area (Å²) < 4.78 is 28.4. The summed E-state index contributed by atoms with van der Waals surface area (Å²) in [5.74, 6) is -1.22. The summed E-state index contributed by atoms with van der Waals surface area (Å²) in [6.45, 7) is 1.11. The summed E-state index contributed by atoms with van der Waals surface area (Å²) in [6.07, 6.45) is 3.49. The molecule has 2 rings (SSSR count). The lowest BCUT2D eigenvalue weighted by Crippen LogP contribution is -2.12. The zero-order chi connectivity index (χ0) is 12.3. The molecule has 0 radical (unpaired) electrons. The van der Waals surface area contributed by atoms with E-state index in [9.17, 15) is 8.78 Å². The minimum atomic E-state index is -0.614. The van der Waals surface area contributed by atoms with Crippen LogP contribution in [0.4, 0.5) is 14.5 Å². The van der Waals surface area contributed by atoms with E-state index in [0.29, 0.717) is 17.6 Å². The molecule has 0 fully saturated rings. The van der Waals surface area contributed by atoms with Crippen LogP contribution in [0.2, 0.25) is 0 Å². The molecule has 6 heteroatoms. The summed E-state index contributed by atoms with van der Waals surface area (Å²) in [5, 5.41) is 6.91. The van der Waals surface area contributed by atoms with Crippen molar-refractivity contribution in [2.75, 3.05) is 11.9 Å². The lowest BCUT2D eigenvalue weighted by molar-refractivity contribution is 0.581. The number of hydrogen-bond donors (Lipinski definition) is 1. The summed E-state index contributed by atoms with van der Waals surface area (Å²) in [6, 6.07) is 3.88. The average Bonchev–Trinajstić information content (AvgIpc) is 2.74. The van der Waals surface area contributed by atoms with E-state index in [1.807, 2.05) is 12.3 Å². The molecule has 0 saturated carbocycles. The van der Waals surface area contributed by atoms with Crippen LogP contribution in [0.5, 0.6) is 0 Å². The third-order valence-corrected chi connectivity index (χ3v) is 2.83. The van der Waals surface area contributed by atoms with E-state index in [0.717, 1.165) is 6.07 Å². The first kappa shape index (κ1) is 12.0. The van der Waals surface area contributed by atoms with Gasteiger partial charge in [-0.1, -0.05) is 0 Å². The van der Waals surface area contributed by atoms with Gasteiger partial charge in [0.2, 0.25) is 0 Å². The van der Waals surface area contributed by atoms with Crippen LogP contribution in [0.25, 0.3) is 0 Å². The lowest BCUT2D eigenvalue weighted by Gasteiger charge is -2.09. The Morgan fingerprint density at radius 2 is 2.18 bits per heavy atom. The summed E-state index contributed by atoms with van der Waals surface area (Å²) in [4.78, 5) is 0. The molecule has 0 aliphatic heterocycles. The molecule has 0 amide bonds. The van der Waals surface area contributed by atoms with Gasteiger partial charge in [0.15, 0.2) is 0 Å². The van der Waals surface area contributed by atoms with E-state index in [-0.39, 0.29) is 5.69 Å². The van der Waals surface area contributed by atoms with Gasteiger partial charge in [-0.2, -0.15) is 5.10 Å². The Balaban J connectivity index is 1.99. The minimum absolute atomic E-state index is 0.263. The Morgan fingerprint density at radius 1 is 1.35 bits per heavy atom. The van der Waals surface area contributed by atoms with E-state index >= 15 is 0 Å².